The van der Waals surface area contributed by atoms with Crippen molar-refractivity contribution in [1.82, 2.24) is 9.55 Å². The molecule has 0 fully saturated rings. The average Bonchev–Trinajstić information content (AvgIpc) is 3.61. The van der Waals surface area contributed by atoms with Crippen molar-refractivity contribution in [2.24, 2.45) is 0 Å². The van der Waals surface area contributed by atoms with Crippen LogP contribution >= 0.6 is 11.3 Å². The summed E-state index contributed by atoms with van der Waals surface area (Å²) in [4.78, 5) is 5.16. The molecule has 0 unspecified atom stereocenters. The van der Waals surface area contributed by atoms with E-state index >= 15 is 0 Å². The molecule has 0 saturated carbocycles. The Morgan fingerprint density at radius 2 is 1.07 bits per heavy atom. The molecule has 3 heteroatoms. The zero-order valence-corrected chi connectivity index (χ0v) is 23.5. The van der Waals surface area contributed by atoms with Gasteiger partial charge in [-0.2, -0.15) is 0 Å². The van der Waals surface area contributed by atoms with E-state index in [4.69, 9.17) is 4.98 Å². The van der Waals surface area contributed by atoms with Gasteiger partial charge in [-0.15, -0.1) is 11.3 Å². The van der Waals surface area contributed by atoms with Crippen LogP contribution in [0.5, 0.6) is 0 Å². The van der Waals surface area contributed by atoms with E-state index in [1.54, 1.807) is 0 Å². The zero-order valence-electron chi connectivity index (χ0n) is 22.7. The van der Waals surface area contributed by atoms with Gasteiger partial charge in [0.1, 0.15) is 0 Å². The summed E-state index contributed by atoms with van der Waals surface area (Å²) in [5.74, 6) is 0. The van der Waals surface area contributed by atoms with E-state index in [-0.39, 0.29) is 0 Å². The topological polar surface area (TPSA) is 17.8 Å². The SMILES string of the molecule is c1ccc(-c2cc(-n3c4ccc5ccccc5c4c4c5sc6ccccc6c5ccc43)cc(-c3ccccc3)n2)cc1. The van der Waals surface area contributed by atoms with Crippen LogP contribution in [0.1, 0.15) is 0 Å². The molecule has 3 aromatic heterocycles. The van der Waals surface area contributed by atoms with Crippen LogP contribution < -0.4 is 0 Å². The van der Waals surface area contributed by atoms with Crippen LogP contribution in [0.4, 0.5) is 0 Å². The molecule has 2 nitrogen and oxygen atoms in total. The number of hydrogen-bond donors (Lipinski definition) is 0. The summed E-state index contributed by atoms with van der Waals surface area (Å²) >= 11 is 1.90. The van der Waals surface area contributed by atoms with Crippen molar-refractivity contribution >= 4 is 64.1 Å². The smallest absolute Gasteiger partial charge is 0.0730 e. The standard InChI is InChI=1S/C39H24N2S/c1-3-12-26(13-4-1)32-23-28(24-33(40-32)27-14-5-2-6-15-27)41-34-21-19-25-11-7-8-16-29(25)37(34)38-35(41)22-20-31-30-17-9-10-18-36(30)42-39(31)38/h1-24H. The van der Waals surface area contributed by atoms with Gasteiger partial charge in [0.2, 0.25) is 0 Å². The first-order chi connectivity index (χ1) is 20.8. The van der Waals surface area contributed by atoms with Crippen LogP contribution in [0.25, 0.3) is 81.0 Å². The summed E-state index contributed by atoms with van der Waals surface area (Å²) in [6, 6.07) is 52.2. The molecule has 42 heavy (non-hydrogen) atoms. The number of thiophene rings is 1. The van der Waals surface area contributed by atoms with Crippen molar-refractivity contribution in [3.05, 3.63) is 146 Å². The van der Waals surface area contributed by atoms with E-state index < -0.39 is 0 Å². The second-order valence-electron chi connectivity index (χ2n) is 10.8. The molecule has 0 aliphatic rings. The summed E-state index contributed by atoms with van der Waals surface area (Å²) < 4.78 is 5.11. The van der Waals surface area contributed by atoms with Crippen molar-refractivity contribution in [1.29, 1.82) is 0 Å². The summed E-state index contributed by atoms with van der Waals surface area (Å²) in [7, 11) is 0. The van der Waals surface area contributed by atoms with Gasteiger partial charge < -0.3 is 4.57 Å². The van der Waals surface area contributed by atoms with Crippen LogP contribution in [0.3, 0.4) is 0 Å². The quantitative estimate of drug-likeness (QED) is 0.213. The molecule has 6 aromatic carbocycles. The number of aromatic nitrogens is 2. The highest BCUT2D eigenvalue weighted by Crippen LogP contribution is 2.45. The maximum absolute atomic E-state index is 5.16. The summed E-state index contributed by atoms with van der Waals surface area (Å²) in [5.41, 5.74) is 7.67. The number of hydrogen-bond acceptors (Lipinski definition) is 2. The lowest BCUT2D eigenvalue weighted by Crippen LogP contribution is -1.98. The Labute approximate surface area is 246 Å². The Kier molecular flexibility index (Phi) is 5.10. The first-order valence-electron chi connectivity index (χ1n) is 14.2. The lowest BCUT2D eigenvalue weighted by molar-refractivity contribution is 1.16. The highest BCUT2D eigenvalue weighted by Gasteiger charge is 2.20. The lowest BCUT2D eigenvalue weighted by Gasteiger charge is -2.13. The van der Waals surface area contributed by atoms with Gasteiger partial charge in [0, 0.05) is 42.1 Å². The Morgan fingerprint density at radius 1 is 0.476 bits per heavy atom. The molecule has 9 aromatic rings. The summed E-state index contributed by atoms with van der Waals surface area (Å²) in [5, 5.41) is 7.80. The normalized spacial score (nSPS) is 11.8. The predicted molar refractivity (Wildman–Crippen MR) is 180 cm³/mol. The predicted octanol–water partition coefficient (Wildman–Crippen LogP) is 11.0. The number of fused-ring (bicyclic) bond motifs is 9. The van der Waals surface area contributed by atoms with Crippen molar-refractivity contribution in [2.45, 2.75) is 0 Å². The molecule has 9 rings (SSSR count). The number of nitrogens with zero attached hydrogens (tertiary/aromatic N) is 2. The van der Waals surface area contributed by atoms with E-state index in [0.717, 1.165) is 28.2 Å². The summed E-state index contributed by atoms with van der Waals surface area (Å²) in [6.45, 7) is 0. The molecule has 0 spiro atoms. The van der Waals surface area contributed by atoms with E-state index in [1.165, 1.54) is 52.8 Å². The number of pyridine rings is 1. The van der Waals surface area contributed by atoms with Crippen LogP contribution in [-0.4, -0.2) is 9.55 Å². The number of benzene rings is 6. The highest BCUT2D eigenvalue weighted by molar-refractivity contribution is 7.26. The van der Waals surface area contributed by atoms with Gasteiger partial charge in [0.15, 0.2) is 0 Å². The fourth-order valence-corrected chi connectivity index (χ4v) is 7.73. The second kappa shape index (κ2) is 9.13. The van der Waals surface area contributed by atoms with Crippen LogP contribution in [0.15, 0.2) is 146 Å². The van der Waals surface area contributed by atoms with E-state index in [1.807, 2.05) is 11.3 Å². The van der Waals surface area contributed by atoms with Crippen molar-refractivity contribution in [2.75, 3.05) is 0 Å². The largest absolute Gasteiger partial charge is 0.309 e. The molecule has 0 radical (unpaired) electrons. The van der Waals surface area contributed by atoms with Gasteiger partial charge in [-0.05, 0) is 41.1 Å². The minimum absolute atomic E-state index is 0.964. The molecule has 0 atom stereocenters. The maximum atomic E-state index is 5.16. The van der Waals surface area contributed by atoms with Gasteiger partial charge >= 0.3 is 0 Å². The van der Waals surface area contributed by atoms with Gasteiger partial charge in [-0.3, -0.25) is 0 Å². The van der Waals surface area contributed by atoms with Crippen LogP contribution in [0.2, 0.25) is 0 Å². The molecule has 0 amide bonds. The van der Waals surface area contributed by atoms with Gasteiger partial charge in [0.05, 0.1) is 28.1 Å². The van der Waals surface area contributed by atoms with E-state index in [9.17, 15) is 0 Å². The summed E-state index contributed by atoms with van der Waals surface area (Å²) in [6.07, 6.45) is 0. The first kappa shape index (κ1) is 23.5. The van der Waals surface area contributed by atoms with Crippen molar-refractivity contribution in [3.8, 4) is 28.2 Å². The average molecular weight is 553 g/mol. The zero-order chi connectivity index (χ0) is 27.6. The molecule has 3 heterocycles. The van der Waals surface area contributed by atoms with Gasteiger partial charge in [-0.25, -0.2) is 4.98 Å². The molecule has 0 aliphatic heterocycles. The third kappa shape index (κ3) is 3.47. The first-order valence-corrected chi connectivity index (χ1v) is 15.0. The fourth-order valence-electron chi connectivity index (χ4n) is 6.48. The minimum Gasteiger partial charge on any atom is -0.309 e. The van der Waals surface area contributed by atoms with Crippen LogP contribution in [0, 0.1) is 0 Å². The Balaban J connectivity index is 1.46. The second-order valence-corrected chi connectivity index (χ2v) is 11.8. The highest BCUT2D eigenvalue weighted by atomic mass is 32.1. The lowest BCUT2D eigenvalue weighted by atomic mass is 10.0. The maximum Gasteiger partial charge on any atom is 0.0730 e. The molecule has 0 N–H and O–H groups in total. The minimum atomic E-state index is 0.964. The Hall–Kier alpha value is -5.25. The molecular formula is C39H24N2S. The number of rotatable bonds is 3. The molecule has 0 saturated heterocycles. The van der Waals surface area contributed by atoms with Crippen LogP contribution in [-0.2, 0) is 0 Å². The Bertz CT molecular complexity index is 2390. The van der Waals surface area contributed by atoms with E-state index in [0.29, 0.717) is 0 Å². The third-order valence-electron chi connectivity index (χ3n) is 8.37. The Morgan fingerprint density at radius 3 is 1.81 bits per heavy atom. The van der Waals surface area contributed by atoms with Gasteiger partial charge in [0.25, 0.3) is 0 Å². The van der Waals surface area contributed by atoms with Crippen molar-refractivity contribution in [3.63, 3.8) is 0 Å². The third-order valence-corrected chi connectivity index (χ3v) is 9.58. The van der Waals surface area contributed by atoms with Gasteiger partial charge in [-0.1, -0.05) is 115 Å². The molecule has 0 bridgehead atoms. The fraction of sp³-hybridized carbons (Fsp3) is 0. The molecule has 0 aliphatic carbocycles. The monoisotopic (exact) mass is 552 g/mol. The van der Waals surface area contributed by atoms with Crippen molar-refractivity contribution < 1.29 is 0 Å². The van der Waals surface area contributed by atoms with E-state index in [2.05, 4.69) is 150 Å². The molecule has 196 valence electrons. The molecular weight excluding hydrogens is 529 g/mol.